The van der Waals surface area contributed by atoms with Gasteiger partial charge in [-0.1, -0.05) is 23.7 Å². The van der Waals surface area contributed by atoms with E-state index in [2.05, 4.69) is 10.6 Å². The number of fused-ring (bicyclic) bond motifs is 1. The van der Waals surface area contributed by atoms with Gasteiger partial charge in [-0.05, 0) is 65.3 Å². The molecule has 1 aliphatic carbocycles. The molecule has 1 heterocycles. The van der Waals surface area contributed by atoms with Gasteiger partial charge in [0.05, 0.1) is 6.54 Å². The number of alkyl halides is 2. The van der Waals surface area contributed by atoms with Crippen molar-refractivity contribution < 1.29 is 18.4 Å². The summed E-state index contributed by atoms with van der Waals surface area (Å²) in [6.07, 6.45) is -0.616. The van der Waals surface area contributed by atoms with Crippen LogP contribution in [0.1, 0.15) is 54.0 Å². The summed E-state index contributed by atoms with van der Waals surface area (Å²) in [6, 6.07) is 9.81. The summed E-state index contributed by atoms with van der Waals surface area (Å²) in [4.78, 5) is 27.2. The number of carbonyl (C=O) groups excluding carboxylic acids is 2. The number of carbonyl (C=O) groups is 2. The lowest BCUT2D eigenvalue weighted by Gasteiger charge is -2.31. The Labute approximate surface area is 184 Å². The third kappa shape index (κ3) is 4.88. The molecule has 2 aliphatic rings. The maximum atomic E-state index is 13.1. The lowest BCUT2D eigenvalue weighted by atomic mass is 9.98. The zero-order valence-corrected chi connectivity index (χ0v) is 17.9. The highest BCUT2D eigenvalue weighted by Crippen LogP contribution is 2.42. The molecule has 1 saturated carbocycles. The van der Waals surface area contributed by atoms with E-state index in [4.69, 9.17) is 11.6 Å². The predicted molar refractivity (Wildman–Crippen MR) is 115 cm³/mol. The first-order valence-electron chi connectivity index (χ1n) is 10.3. The summed E-state index contributed by atoms with van der Waals surface area (Å²) >= 11 is 6.34. The molecule has 1 atom stereocenters. The van der Waals surface area contributed by atoms with Gasteiger partial charge in [-0.3, -0.25) is 14.5 Å². The monoisotopic (exact) mass is 447 g/mol. The van der Waals surface area contributed by atoms with Crippen LogP contribution in [0.15, 0.2) is 36.4 Å². The molecule has 2 aromatic carbocycles. The van der Waals surface area contributed by atoms with Crippen molar-refractivity contribution in [2.24, 2.45) is 0 Å². The number of rotatable bonds is 7. The molecule has 2 amide bonds. The standard InChI is InChI=1S/C23H24ClF2N3O2/c1-13(30)29(20-5-4-15-10-27-11-18(15)9-20)22(23(31)28-12-21(25)26)17-6-16(14-2-3-14)7-19(24)8-17/h4-9,14,21-22,27H,2-3,10-12H2,1H3,(H,28,31)/t22-/m0/s1. The molecule has 0 radical (unpaired) electrons. The van der Waals surface area contributed by atoms with E-state index in [1.54, 1.807) is 12.1 Å². The van der Waals surface area contributed by atoms with E-state index >= 15 is 0 Å². The third-order valence-corrected chi connectivity index (χ3v) is 5.90. The van der Waals surface area contributed by atoms with Gasteiger partial charge in [0, 0.05) is 30.7 Å². The Kier molecular flexibility index (Phi) is 6.25. The second kappa shape index (κ2) is 8.93. The molecule has 0 unspecified atom stereocenters. The summed E-state index contributed by atoms with van der Waals surface area (Å²) < 4.78 is 25.6. The lowest BCUT2D eigenvalue weighted by molar-refractivity contribution is -0.126. The number of nitrogens with zero attached hydrogens (tertiary/aromatic N) is 1. The highest BCUT2D eigenvalue weighted by Gasteiger charge is 2.34. The van der Waals surface area contributed by atoms with Crippen molar-refractivity contribution in [1.82, 2.24) is 10.6 Å². The van der Waals surface area contributed by atoms with Crippen LogP contribution in [0.3, 0.4) is 0 Å². The van der Waals surface area contributed by atoms with E-state index in [9.17, 15) is 18.4 Å². The Morgan fingerprint density at radius 3 is 2.58 bits per heavy atom. The van der Waals surface area contributed by atoms with Gasteiger partial charge >= 0.3 is 0 Å². The molecule has 2 N–H and O–H groups in total. The molecule has 0 bridgehead atoms. The minimum Gasteiger partial charge on any atom is -0.348 e. The van der Waals surface area contributed by atoms with Gasteiger partial charge in [-0.2, -0.15) is 0 Å². The van der Waals surface area contributed by atoms with Gasteiger partial charge in [0.25, 0.3) is 6.43 Å². The van der Waals surface area contributed by atoms with Crippen LogP contribution in [0.25, 0.3) is 0 Å². The van der Waals surface area contributed by atoms with Gasteiger partial charge in [0.15, 0.2) is 0 Å². The van der Waals surface area contributed by atoms with Gasteiger partial charge in [0.1, 0.15) is 6.04 Å². The molecular weight excluding hydrogens is 424 g/mol. The van der Waals surface area contributed by atoms with E-state index in [0.29, 0.717) is 28.7 Å². The zero-order valence-electron chi connectivity index (χ0n) is 17.1. The van der Waals surface area contributed by atoms with Crippen LogP contribution < -0.4 is 15.5 Å². The Balaban J connectivity index is 1.78. The average molecular weight is 448 g/mol. The van der Waals surface area contributed by atoms with Gasteiger partial charge in [-0.15, -0.1) is 0 Å². The van der Waals surface area contributed by atoms with E-state index < -0.39 is 24.9 Å². The average Bonchev–Trinajstić information content (AvgIpc) is 3.47. The highest BCUT2D eigenvalue weighted by molar-refractivity contribution is 6.30. The number of halogens is 3. The van der Waals surface area contributed by atoms with Crippen molar-refractivity contribution in [2.75, 3.05) is 11.4 Å². The van der Waals surface area contributed by atoms with Crippen molar-refractivity contribution in [1.29, 1.82) is 0 Å². The smallest absolute Gasteiger partial charge is 0.255 e. The minimum absolute atomic E-state index is 0.365. The molecule has 1 fully saturated rings. The maximum Gasteiger partial charge on any atom is 0.255 e. The molecule has 0 saturated heterocycles. The molecule has 5 nitrogen and oxygen atoms in total. The Hall–Kier alpha value is -2.51. The fourth-order valence-electron chi connectivity index (χ4n) is 4.08. The topological polar surface area (TPSA) is 61.4 Å². The first kappa shape index (κ1) is 21.7. The predicted octanol–water partition coefficient (Wildman–Crippen LogP) is 4.30. The van der Waals surface area contributed by atoms with E-state index in [1.807, 2.05) is 24.3 Å². The second-order valence-electron chi connectivity index (χ2n) is 8.08. The van der Waals surface area contributed by atoms with Crippen molar-refractivity contribution in [2.45, 2.75) is 51.2 Å². The van der Waals surface area contributed by atoms with Crippen molar-refractivity contribution in [3.8, 4) is 0 Å². The number of nitrogens with one attached hydrogen (secondary N) is 2. The minimum atomic E-state index is -2.69. The number of hydrogen-bond acceptors (Lipinski definition) is 3. The zero-order chi connectivity index (χ0) is 22.1. The SMILES string of the molecule is CC(=O)N(c1ccc2c(c1)CNC2)[C@H](C(=O)NCC(F)F)c1cc(Cl)cc(C2CC2)c1. The number of hydrogen-bond donors (Lipinski definition) is 2. The largest absolute Gasteiger partial charge is 0.348 e. The van der Waals surface area contributed by atoms with Crippen LogP contribution in [0, 0.1) is 0 Å². The van der Waals surface area contributed by atoms with Crippen molar-refractivity contribution in [3.63, 3.8) is 0 Å². The second-order valence-corrected chi connectivity index (χ2v) is 8.51. The lowest BCUT2D eigenvalue weighted by Crippen LogP contribution is -2.44. The molecule has 8 heteroatoms. The first-order chi connectivity index (χ1) is 14.8. The van der Waals surface area contributed by atoms with Crippen molar-refractivity contribution >= 4 is 29.1 Å². The molecule has 2 aromatic rings. The molecule has 0 spiro atoms. The summed E-state index contributed by atoms with van der Waals surface area (Å²) in [5.41, 5.74) is 4.22. The molecule has 1 aliphatic heterocycles. The fourth-order valence-corrected chi connectivity index (χ4v) is 4.33. The Bertz CT molecular complexity index is 1010. The summed E-state index contributed by atoms with van der Waals surface area (Å²) in [5.74, 6) is -0.659. The van der Waals surface area contributed by atoms with E-state index in [-0.39, 0.29) is 5.91 Å². The van der Waals surface area contributed by atoms with Gasteiger partial charge in [0.2, 0.25) is 11.8 Å². The summed E-state index contributed by atoms with van der Waals surface area (Å²) in [5, 5.41) is 5.99. The maximum absolute atomic E-state index is 13.1. The molecule has 164 valence electrons. The number of benzene rings is 2. The fraction of sp³-hybridized carbons (Fsp3) is 0.391. The van der Waals surface area contributed by atoms with Crippen LogP contribution >= 0.6 is 11.6 Å². The quantitative estimate of drug-likeness (QED) is 0.665. The Morgan fingerprint density at radius 1 is 1.16 bits per heavy atom. The van der Waals surface area contributed by atoms with Crippen LogP contribution in [0.5, 0.6) is 0 Å². The van der Waals surface area contributed by atoms with E-state index in [1.165, 1.54) is 11.8 Å². The van der Waals surface area contributed by atoms with Crippen LogP contribution in [0.4, 0.5) is 14.5 Å². The molecule has 31 heavy (non-hydrogen) atoms. The van der Waals surface area contributed by atoms with Crippen LogP contribution in [0.2, 0.25) is 5.02 Å². The molecule has 0 aromatic heterocycles. The number of amides is 2. The van der Waals surface area contributed by atoms with Crippen molar-refractivity contribution in [3.05, 3.63) is 63.7 Å². The normalized spacial score (nSPS) is 16.2. The van der Waals surface area contributed by atoms with Crippen LogP contribution in [-0.4, -0.2) is 24.8 Å². The Morgan fingerprint density at radius 2 is 1.90 bits per heavy atom. The third-order valence-electron chi connectivity index (χ3n) is 5.68. The summed E-state index contributed by atoms with van der Waals surface area (Å²) in [6.45, 7) is 1.99. The van der Waals surface area contributed by atoms with Gasteiger partial charge in [-0.25, -0.2) is 8.78 Å². The van der Waals surface area contributed by atoms with Crippen LogP contribution in [-0.2, 0) is 22.7 Å². The highest BCUT2D eigenvalue weighted by atomic mass is 35.5. The number of anilines is 1. The first-order valence-corrected chi connectivity index (χ1v) is 10.7. The van der Waals surface area contributed by atoms with E-state index in [0.717, 1.165) is 36.1 Å². The molecular formula is C23H24ClF2N3O2. The summed E-state index contributed by atoms with van der Waals surface area (Å²) in [7, 11) is 0. The van der Waals surface area contributed by atoms with Gasteiger partial charge < -0.3 is 10.6 Å². The molecule has 4 rings (SSSR count).